The summed E-state index contributed by atoms with van der Waals surface area (Å²) < 4.78 is 0. The van der Waals surface area contributed by atoms with Crippen molar-refractivity contribution < 1.29 is 0 Å². The van der Waals surface area contributed by atoms with Crippen molar-refractivity contribution in [3.8, 4) is 0 Å². The van der Waals surface area contributed by atoms with Gasteiger partial charge in [-0.05, 0) is 38.6 Å². The predicted octanol–water partition coefficient (Wildman–Crippen LogP) is 3.29. The molecule has 1 aliphatic carbocycles. The maximum Gasteiger partial charge on any atom is 0.135 e. The lowest BCUT2D eigenvalue weighted by Gasteiger charge is -2.32. The number of rotatable bonds is 5. The van der Waals surface area contributed by atoms with Gasteiger partial charge in [-0.2, -0.15) is 0 Å². The van der Waals surface area contributed by atoms with Crippen molar-refractivity contribution in [1.29, 1.82) is 0 Å². The molecule has 0 aromatic carbocycles. The van der Waals surface area contributed by atoms with Crippen molar-refractivity contribution in [2.75, 3.05) is 25.0 Å². The Balaban J connectivity index is 1.58. The molecule has 2 heterocycles. The van der Waals surface area contributed by atoms with Gasteiger partial charge in [-0.15, -0.1) is 0 Å². The molecule has 1 saturated carbocycles. The van der Waals surface area contributed by atoms with Crippen molar-refractivity contribution in [2.45, 2.75) is 51.0 Å². The normalized spacial score (nSPS) is 21.1. The smallest absolute Gasteiger partial charge is 0.135 e. The average Bonchev–Trinajstić information content (AvgIpc) is 3.25. The molecule has 0 bridgehead atoms. The van der Waals surface area contributed by atoms with E-state index in [9.17, 15) is 0 Å². The van der Waals surface area contributed by atoms with Crippen molar-refractivity contribution in [3.05, 3.63) is 17.0 Å². The largest absolute Gasteiger partial charge is 0.367 e. The van der Waals surface area contributed by atoms with Gasteiger partial charge in [0.2, 0.25) is 0 Å². The van der Waals surface area contributed by atoms with E-state index in [0.29, 0.717) is 17.1 Å². The highest BCUT2D eigenvalue weighted by Crippen LogP contribution is 2.38. The third-order valence-corrected chi connectivity index (χ3v) is 4.33. The molecule has 3 rings (SSSR count). The SMILES string of the molecule is CCCN1CCC(Nc2cc(Cl)nc(C3CC3)n2)CC1. The Morgan fingerprint density at radius 3 is 2.65 bits per heavy atom. The first-order chi connectivity index (χ1) is 9.74. The zero-order valence-corrected chi connectivity index (χ0v) is 12.9. The lowest BCUT2D eigenvalue weighted by atomic mass is 10.0. The third-order valence-electron chi connectivity index (χ3n) is 4.13. The third kappa shape index (κ3) is 3.61. The molecule has 2 fully saturated rings. The van der Waals surface area contributed by atoms with E-state index in [0.717, 1.165) is 11.6 Å². The second-order valence-corrected chi connectivity index (χ2v) is 6.36. The fourth-order valence-electron chi connectivity index (χ4n) is 2.86. The predicted molar refractivity (Wildman–Crippen MR) is 82.4 cm³/mol. The molecule has 1 aromatic heterocycles. The minimum atomic E-state index is 0.515. The van der Waals surface area contributed by atoms with E-state index < -0.39 is 0 Å². The van der Waals surface area contributed by atoms with E-state index in [4.69, 9.17) is 11.6 Å². The highest BCUT2D eigenvalue weighted by molar-refractivity contribution is 6.29. The van der Waals surface area contributed by atoms with Gasteiger partial charge < -0.3 is 10.2 Å². The van der Waals surface area contributed by atoms with Gasteiger partial charge in [0, 0.05) is 31.1 Å². The topological polar surface area (TPSA) is 41.0 Å². The van der Waals surface area contributed by atoms with Gasteiger partial charge >= 0.3 is 0 Å². The lowest BCUT2D eigenvalue weighted by molar-refractivity contribution is 0.219. The number of halogens is 1. The summed E-state index contributed by atoms with van der Waals surface area (Å²) >= 11 is 6.10. The van der Waals surface area contributed by atoms with Gasteiger partial charge in [0.05, 0.1) is 0 Å². The van der Waals surface area contributed by atoms with E-state index in [1.807, 2.05) is 6.07 Å². The number of nitrogens with one attached hydrogen (secondary N) is 1. The van der Waals surface area contributed by atoms with Crippen molar-refractivity contribution >= 4 is 17.4 Å². The molecule has 0 amide bonds. The Hall–Kier alpha value is -0.870. The summed E-state index contributed by atoms with van der Waals surface area (Å²) in [7, 11) is 0. The summed E-state index contributed by atoms with van der Waals surface area (Å²) in [6.45, 7) is 5.82. The van der Waals surface area contributed by atoms with Crippen LogP contribution in [-0.2, 0) is 0 Å². The van der Waals surface area contributed by atoms with Crippen LogP contribution in [0.15, 0.2) is 6.07 Å². The Bertz CT molecular complexity index is 453. The summed E-state index contributed by atoms with van der Waals surface area (Å²) in [6.07, 6.45) is 6.01. The van der Waals surface area contributed by atoms with Crippen LogP contribution in [-0.4, -0.2) is 40.5 Å². The highest BCUT2D eigenvalue weighted by atomic mass is 35.5. The molecule has 0 spiro atoms. The van der Waals surface area contributed by atoms with E-state index in [2.05, 4.69) is 27.1 Å². The second kappa shape index (κ2) is 6.27. The molecular formula is C15H23ClN4. The van der Waals surface area contributed by atoms with Gasteiger partial charge in [0.25, 0.3) is 0 Å². The summed E-state index contributed by atoms with van der Waals surface area (Å²) in [5, 5.41) is 4.11. The summed E-state index contributed by atoms with van der Waals surface area (Å²) in [4.78, 5) is 11.5. The van der Waals surface area contributed by atoms with Gasteiger partial charge in [-0.1, -0.05) is 18.5 Å². The molecule has 1 aliphatic heterocycles. The molecule has 1 N–H and O–H groups in total. The van der Waals surface area contributed by atoms with E-state index in [1.54, 1.807) is 0 Å². The Morgan fingerprint density at radius 2 is 2.00 bits per heavy atom. The first kappa shape index (κ1) is 14.1. The maximum atomic E-state index is 6.10. The highest BCUT2D eigenvalue weighted by Gasteiger charge is 2.27. The van der Waals surface area contributed by atoms with Crippen LogP contribution >= 0.6 is 11.6 Å². The number of anilines is 1. The molecule has 0 radical (unpaired) electrons. The van der Waals surface area contributed by atoms with Crippen molar-refractivity contribution in [1.82, 2.24) is 14.9 Å². The Kier molecular flexibility index (Phi) is 4.41. The van der Waals surface area contributed by atoms with E-state index >= 15 is 0 Å². The summed E-state index contributed by atoms with van der Waals surface area (Å²) in [5.74, 6) is 2.37. The van der Waals surface area contributed by atoms with Crippen LogP contribution in [0.5, 0.6) is 0 Å². The lowest BCUT2D eigenvalue weighted by Crippen LogP contribution is -2.39. The molecule has 4 nitrogen and oxygen atoms in total. The maximum absolute atomic E-state index is 6.10. The number of aromatic nitrogens is 2. The average molecular weight is 295 g/mol. The molecule has 0 atom stereocenters. The minimum absolute atomic E-state index is 0.515. The molecule has 2 aliphatic rings. The van der Waals surface area contributed by atoms with E-state index in [-0.39, 0.29) is 0 Å². The number of hydrogen-bond acceptors (Lipinski definition) is 4. The monoisotopic (exact) mass is 294 g/mol. The van der Waals surface area contributed by atoms with Crippen LogP contribution < -0.4 is 5.32 Å². The van der Waals surface area contributed by atoms with Gasteiger partial charge in [0.1, 0.15) is 16.8 Å². The molecule has 1 saturated heterocycles. The minimum Gasteiger partial charge on any atom is -0.367 e. The summed E-state index contributed by atoms with van der Waals surface area (Å²) in [5.41, 5.74) is 0. The quantitative estimate of drug-likeness (QED) is 0.846. The Morgan fingerprint density at radius 1 is 1.25 bits per heavy atom. The molecule has 5 heteroatoms. The van der Waals surface area contributed by atoms with Crippen LogP contribution in [0.1, 0.15) is 50.8 Å². The fraction of sp³-hybridized carbons (Fsp3) is 0.733. The zero-order valence-electron chi connectivity index (χ0n) is 12.1. The zero-order chi connectivity index (χ0) is 13.9. The first-order valence-corrected chi connectivity index (χ1v) is 8.15. The molecule has 110 valence electrons. The number of hydrogen-bond donors (Lipinski definition) is 1. The molecule has 20 heavy (non-hydrogen) atoms. The van der Waals surface area contributed by atoms with E-state index in [1.165, 1.54) is 51.7 Å². The summed E-state index contributed by atoms with van der Waals surface area (Å²) in [6, 6.07) is 2.37. The molecule has 1 aromatic rings. The number of piperidine rings is 1. The van der Waals surface area contributed by atoms with Crippen LogP contribution in [0.4, 0.5) is 5.82 Å². The first-order valence-electron chi connectivity index (χ1n) is 7.78. The fourth-order valence-corrected chi connectivity index (χ4v) is 3.05. The molecular weight excluding hydrogens is 272 g/mol. The van der Waals surface area contributed by atoms with Gasteiger partial charge in [-0.3, -0.25) is 0 Å². The van der Waals surface area contributed by atoms with Crippen LogP contribution in [0, 0.1) is 0 Å². The molecule has 0 unspecified atom stereocenters. The second-order valence-electron chi connectivity index (χ2n) is 5.97. The van der Waals surface area contributed by atoms with Crippen LogP contribution in [0.3, 0.4) is 0 Å². The standard InChI is InChI=1S/C15H23ClN4/c1-2-7-20-8-5-12(6-9-20)17-14-10-13(16)18-15(19-14)11-3-4-11/h10-12H,2-9H2,1H3,(H,17,18,19). The number of likely N-dealkylation sites (tertiary alicyclic amines) is 1. The van der Waals surface area contributed by atoms with Crippen molar-refractivity contribution in [3.63, 3.8) is 0 Å². The Labute approximate surface area is 125 Å². The number of nitrogens with zero attached hydrogens (tertiary/aromatic N) is 3. The van der Waals surface area contributed by atoms with Crippen molar-refractivity contribution in [2.24, 2.45) is 0 Å². The van der Waals surface area contributed by atoms with Gasteiger partial charge in [0.15, 0.2) is 0 Å². The van der Waals surface area contributed by atoms with Crippen LogP contribution in [0.25, 0.3) is 0 Å². The van der Waals surface area contributed by atoms with Crippen LogP contribution in [0.2, 0.25) is 5.15 Å². The van der Waals surface area contributed by atoms with Gasteiger partial charge in [-0.25, -0.2) is 9.97 Å².